The van der Waals surface area contributed by atoms with E-state index in [1.165, 1.54) is 0 Å². The van der Waals surface area contributed by atoms with Crippen molar-refractivity contribution in [1.29, 1.82) is 0 Å². The average Bonchev–Trinajstić information content (AvgIpc) is 2.49. The van der Waals surface area contributed by atoms with Crippen LogP contribution in [0.15, 0.2) is 0 Å². The fraction of sp³-hybridized carbons (Fsp3) is 0.889. The number of amides is 1. The number of hydrogen-bond acceptors (Lipinski definition) is 4. The molecule has 1 atom stereocenters. The molecule has 0 aromatic rings. The van der Waals surface area contributed by atoms with Crippen LogP contribution in [0.1, 0.15) is 20.8 Å². The van der Waals surface area contributed by atoms with Gasteiger partial charge in [0, 0.05) is 18.8 Å². The van der Waals surface area contributed by atoms with Gasteiger partial charge in [-0.05, 0) is 20.8 Å². The molecule has 5 heteroatoms. The predicted octanol–water partition coefficient (Wildman–Crippen LogP) is 1.17. The molecule has 0 saturated carbocycles. The lowest BCUT2D eigenvalue weighted by Crippen LogP contribution is -2.39. The molecule has 0 aromatic carbocycles. The van der Waals surface area contributed by atoms with Gasteiger partial charge in [0.25, 0.3) is 0 Å². The van der Waals surface area contributed by atoms with Gasteiger partial charge in [-0.25, -0.2) is 4.79 Å². The van der Waals surface area contributed by atoms with E-state index in [1.807, 2.05) is 32.5 Å². The first-order chi connectivity index (χ1) is 6.47. The second-order valence-corrected chi connectivity index (χ2v) is 5.51. The SMILES string of the molecule is CC(C)(C)OC(=O)NC[C@@H]1NCCS1. The minimum absolute atomic E-state index is 0.336. The highest BCUT2D eigenvalue weighted by Gasteiger charge is 2.19. The Hall–Kier alpha value is -0.420. The minimum Gasteiger partial charge on any atom is -0.444 e. The van der Waals surface area contributed by atoms with Crippen LogP contribution in [0.3, 0.4) is 0 Å². The van der Waals surface area contributed by atoms with Crippen molar-refractivity contribution in [2.45, 2.75) is 31.7 Å². The van der Waals surface area contributed by atoms with E-state index in [0.29, 0.717) is 11.9 Å². The highest BCUT2D eigenvalue weighted by molar-refractivity contribution is 8.00. The predicted molar refractivity (Wildman–Crippen MR) is 58.5 cm³/mol. The molecule has 2 N–H and O–H groups in total. The van der Waals surface area contributed by atoms with Gasteiger partial charge < -0.3 is 15.4 Å². The van der Waals surface area contributed by atoms with Crippen LogP contribution in [-0.2, 0) is 4.74 Å². The highest BCUT2D eigenvalue weighted by Crippen LogP contribution is 2.12. The van der Waals surface area contributed by atoms with Crippen molar-refractivity contribution >= 4 is 17.9 Å². The third kappa shape index (κ3) is 4.72. The summed E-state index contributed by atoms with van der Waals surface area (Å²) in [4.78, 5) is 11.2. The van der Waals surface area contributed by atoms with Gasteiger partial charge >= 0.3 is 6.09 Å². The summed E-state index contributed by atoms with van der Waals surface area (Å²) in [5.41, 5.74) is -0.416. The topological polar surface area (TPSA) is 50.4 Å². The first-order valence-corrected chi connectivity index (χ1v) is 5.84. The monoisotopic (exact) mass is 218 g/mol. The average molecular weight is 218 g/mol. The molecular formula is C9H18N2O2S. The maximum Gasteiger partial charge on any atom is 0.407 e. The number of ether oxygens (including phenoxy) is 1. The first kappa shape index (κ1) is 11.7. The van der Waals surface area contributed by atoms with Crippen LogP contribution in [-0.4, -0.2) is 35.9 Å². The van der Waals surface area contributed by atoms with E-state index in [2.05, 4.69) is 10.6 Å². The molecule has 1 rings (SSSR count). The molecule has 82 valence electrons. The molecule has 0 bridgehead atoms. The third-order valence-electron chi connectivity index (χ3n) is 1.62. The molecule has 4 nitrogen and oxygen atoms in total. The molecular weight excluding hydrogens is 200 g/mol. The molecule has 1 saturated heterocycles. The van der Waals surface area contributed by atoms with Gasteiger partial charge in [0.1, 0.15) is 5.60 Å². The van der Waals surface area contributed by atoms with Crippen LogP contribution in [0.2, 0.25) is 0 Å². The zero-order chi connectivity index (χ0) is 10.6. The molecule has 0 radical (unpaired) electrons. The number of nitrogens with one attached hydrogen (secondary N) is 2. The standard InChI is InChI=1S/C9H18N2O2S/c1-9(2,3)13-8(12)11-6-7-10-4-5-14-7/h7,10H,4-6H2,1-3H3,(H,11,12)/t7-/m1/s1. The molecule has 0 spiro atoms. The van der Waals surface area contributed by atoms with Crippen molar-refractivity contribution in [1.82, 2.24) is 10.6 Å². The Kier molecular flexibility index (Phi) is 4.07. The largest absolute Gasteiger partial charge is 0.444 e. The first-order valence-electron chi connectivity index (χ1n) is 4.79. The van der Waals surface area contributed by atoms with Gasteiger partial charge in [0.2, 0.25) is 0 Å². The molecule has 1 aliphatic heterocycles. The highest BCUT2D eigenvalue weighted by atomic mass is 32.2. The molecule has 14 heavy (non-hydrogen) atoms. The third-order valence-corrected chi connectivity index (χ3v) is 2.80. The lowest BCUT2D eigenvalue weighted by Gasteiger charge is -2.20. The number of alkyl carbamates (subject to hydrolysis) is 1. The Balaban J connectivity index is 2.14. The molecule has 1 fully saturated rings. The van der Waals surface area contributed by atoms with Crippen LogP contribution in [0.25, 0.3) is 0 Å². The van der Waals surface area contributed by atoms with Crippen LogP contribution >= 0.6 is 11.8 Å². The van der Waals surface area contributed by atoms with Crippen molar-refractivity contribution in [2.24, 2.45) is 0 Å². The van der Waals surface area contributed by atoms with E-state index in [-0.39, 0.29) is 6.09 Å². The van der Waals surface area contributed by atoms with Gasteiger partial charge in [-0.1, -0.05) is 0 Å². The van der Waals surface area contributed by atoms with Gasteiger partial charge in [-0.3, -0.25) is 0 Å². The summed E-state index contributed by atoms with van der Waals surface area (Å²) in [5, 5.41) is 6.34. The molecule has 1 heterocycles. The van der Waals surface area contributed by atoms with Crippen molar-refractivity contribution in [2.75, 3.05) is 18.8 Å². The van der Waals surface area contributed by atoms with E-state index in [1.54, 1.807) is 0 Å². The smallest absolute Gasteiger partial charge is 0.407 e. The lowest BCUT2D eigenvalue weighted by molar-refractivity contribution is 0.0527. The zero-order valence-corrected chi connectivity index (χ0v) is 9.74. The molecule has 1 amide bonds. The molecule has 0 aromatic heterocycles. The van der Waals surface area contributed by atoms with Crippen LogP contribution in [0.5, 0.6) is 0 Å². The van der Waals surface area contributed by atoms with Crippen LogP contribution in [0.4, 0.5) is 4.79 Å². The van der Waals surface area contributed by atoms with Gasteiger partial charge in [-0.15, -0.1) is 11.8 Å². The normalized spacial score (nSPS) is 22.1. The van der Waals surface area contributed by atoms with Gasteiger partial charge in [0.05, 0.1) is 5.37 Å². The summed E-state index contributed by atoms with van der Waals surface area (Å²) in [6, 6.07) is 0. The van der Waals surface area contributed by atoms with E-state index >= 15 is 0 Å². The molecule has 1 aliphatic rings. The second-order valence-electron chi connectivity index (χ2n) is 4.20. The Morgan fingerprint density at radius 3 is 2.86 bits per heavy atom. The van der Waals surface area contributed by atoms with Gasteiger partial charge in [0.15, 0.2) is 0 Å². The van der Waals surface area contributed by atoms with Gasteiger partial charge in [-0.2, -0.15) is 0 Å². The minimum atomic E-state index is -0.416. The Morgan fingerprint density at radius 2 is 2.36 bits per heavy atom. The number of carbonyl (C=O) groups excluding carboxylic acids is 1. The van der Waals surface area contributed by atoms with E-state index in [9.17, 15) is 4.79 Å². The van der Waals surface area contributed by atoms with Crippen molar-refractivity contribution < 1.29 is 9.53 Å². The summed E-state index contributed by atoms with van der Waals surface area (Å²) in [6.07, 6.45) is -0.341. The lowest BCUT2D eigenvalue weighted by atomic mass is 10.2. The number of carbonyl (C=O) groups is 1. The van der Waals surface area contributed by atoms with Crippen molar-refractivity contribution in [3.05, 3.63) is 0 Å². The Morgan fingerprint density at radius 1 is 1.64 bits per heavy atom. The summed E-state index contributed by atoms with van der Waals surface area (Å²) in [6.45, 7) is 7.21. The number of hydrogen-bond donors (Lipinski definition) is 2. The molecule has 0 aliphatic carbocycles. The summed E-state index contributed by atoms with van der Waals surface area (Å²) in [5.74, 6) is 1.11. The quantitative estimate of drug-likeness (QED) is 0.730. The van der Waals surface area contributed by atoms with Crippen molar-refractivity contribution in [3.8, 4) is 0 Å². The maximum absolute atomic E-state index is 11.2. The van der Waals surface area contributed by atoms with E-state index in [4.69, 9.17) is 4.74 Å². The fourth-order valence-corrected chi connectivity index (χ4v) is 2.06. The van der Waals surface area contributed by atoms with E-state index in [0.717, 1.165) is 12.3 Å². The Bertz CT molecular complexity index is 197. The van der Waals surface area contributed by atoms with Crippen LogP contribution in [0, 0.1) is 0 Å². The van der Waals surface area contributed by atoms with E-state index < -0.39 is 5.60 Å². The summed E-state index contributed by atoms with van der Waals surface area (Å²) < 4.78 is 5.11. The maximum atomic E-state index is 11.2. The number of rotatable bonds is 2. The fourth-order valence-electron chi connectivity index (χ4n) is 1.10. The second kappa shape index (κ2) is 4.89. The zero-order valence-electron chi connectivity index (χ0n) is 8.92. The summed E-state index contributed by atoms with van der Waals surface area (Å²) in [7, 11) is 0. The van der Waals surface area contributed by atoms with Crippen molar-refractivity contribution in [3.63, 3.8) is 0 Å². The number of thioether (sulfide) groups is 1. The van der Waals surface area contributed by atoms with Crippen LogP contribution < -0.4 is 10.6 Å². The summed E-state index contributed by atoms with van der Waals surface area (Å²) >= 11 is 1.82. The molecule has 0 unspecified atom stereocenters. The Labute approximate surface area is 89.2 Å².